The standard InChI is InChI=1S/C39H26F6S2/c1-35-31(27-19-17-25(21-29(27)46-35)15-13-23-9-5-3-6-10-23)33-34(38(42,43)39(44,45)37(33,40)41)32-28-20-18-26(22-30(28)47-36(32,35)2)16-14-24-11-7-4-8-12-24/h3-22H,1-2H3/b15-13-,16-14+. The summed E-state index contributed by atoms with van der Waals surface area (Å²) in [6.07, 6.45) is 7.59. The highest BCUT2D eigenvalue weighted by molar-refractivity contribution is 8.06. The molecular formula is C39H26F6S2. The molecule has 0 nitrogen and oxygen atoms in total. The zero-order valence-corrected chi connectivity index (χ0v) is 26.8. The first-order valence-electron chi connectivity index (χ1n) is 15.1. The van der Waals surface area contributed by atoms with Crippen molar-refractivity contribution in [1.29, 1.82) is 0 Å². The fourth-order valence-corrected chi connectivity index (χ4v) is 10.5. The van der Waals surface area contributed by atoms with E-state index in [0.717, 1.165) is 22.3 Å². The summed E-state index contributed by atoms with van der Waals surface area (Å²) < 4.78 is 92.1. The summed E-state index contributed by atoms with van der Waals surface area (Å²) >= 11 is 2.56. The number of thioether (sulfide) groups is 2. The van der Waals surface area contributed by atoms with Crippen LogP contribution in [0.4, 0.5) is 26.3 Å². The molecule has 2 unspecified atom stereocenters. The van der Waals surface area contributed by atoms with Crippen molar-refractivity contribution in [2.24, 2.45) is 0 Å². The van der Waals surface area contributed by atoms with E-state index in [2.05, 4.69) is 0 Å². The lowest BCUT2D eigenvalue weighted by atomic mass is 9.68. The van der Waals surface area contributed by atoms with Crippen molar-refractivity contribution in [3.05, 3.63) is 142 Å². The highest BCUT2D eigenvalue weighted by Gasteiger charge is 2.84. The second-order valence-corrected chi connectivity index (χ2v) is 15.4. The molecule has 0 amide bonds. The molecule has 47 heavy (non-hydrogen) atoms. The van der Waals surface area contributed by atoms with Crippen LogP contribution in [0, 0.1) is 0 Å². The van der Waals surface area contributed by atoms with E-state index in [-0.39, 0.29) is 11.1 Å². The molecule has 2 aliphatic carbocycles. The number of allylic oxidation sites excluding steroid dienone is 2. The van der Waals surface area contributed by atoms with E-state index in [4.69, 9.17) is 0 Å². The van der Waals surface area contributed by atoms with Crippen molar-refractivity contribution in [3.63, 3.8) is 0 Å². The minimum atomic E-state index is -5.60. The van der Waals surface area contributed by atoms with Crippen LogP contribution in [0.5, 0.6) is 0 Å². The topological polar surface area (TPSA) is 0 Å². The van der Waals surface area contributed by atoms with Gasteiger partial charge in [0.2, 0.25) is 0 Å². The number of hydrogen-bond donors (Lipinski definition) is 0. The highest BCUT2D eigenvalue weighted by atomic mass is 32.2. The molecule has 0 spiro atoms. The Balaban J connectivity index is 1.32. The largest absolute Gasteiger partial charge is 0.380 e. The van der Waals surface area contributed by atoms with Gasteiger partial charge in [-0.15, -0.1) is 23.5 Å². The van der Waals surface area contributed by atoms with Gasteiger partial charge in [0.15, 0.2) is 0 Å². The third-order valence-electron chi connectivity index (χ3n) is 9.74. The highest BCUT2D eigenvalue weighted by Crippen LogP contribution is 2.78. The van der Waals surface area contributed by atoms with E-state index in [1.54, 1.807) is 38.1 Å². The minimum absolute atomic E-state index is 0.135. The van der Waals surface area contributed by atoms with E-state index in [9.17, 15) is 0 Å². The lowest BCUT2D eigenvalue weighted by molar-refractivity contribution is -0.257. The third kappa shape index (κ3) is 4.07. The molecule has 0 N–H and O–H groups in total. The number of rotatable bonds is 4. The van der Waals surface area contributed by atoms with Gasteiger partial charge in [0, 0.05) is 20.9 Å². The second kappa shape index (κ2) is 10.1. The van der Waals surface area contributed by atoms with Crippen molar-refractivity contribution >= 4 is 59.0 Å². The molecule has 2 heterocycles. The Morgan fingerprint density at radius 3 is 1.19 bits per heavy atom. The summed E-state index contributed by atoms with van der Waals surface area (Å²) in [6, 6.07) is 29.5. The van der Waals surface area contributed by atoms with Crippen LogP contribution in [0.25, 0.3) is 35.5 Å². The van der Waals surface area contributed by atoms with Gasteiger partial charge in [0.25, 0.3) is 0 Å². The van der Waals surface area contributed by atoms with Crippen molar-refractivity contribution < 1.29 is 26.3 Å². The first-order valence-corrected chi connectivity index (χ1v) is 16.7. The van der Waals surface area contributed by atoms with Crippen molar-refractivity contribution in [3.8, 4) is 0 Å². The SMILES string of the molecule is CC12Sc3cc(/C=C\c4ccccc4)ccc3C1=C1C(=C3c4ccc(/C=C/c5ccccc5)cc4SC32C)C(F)(F)C(F)(F)C1(F)F. The van der Waals surface area contributed by atoms with Gasteiger partial charge in [-0.05, 0) is 70.5 Å². The molecule has 2 atom stereocenters. The van der Waals surface area contributed by atoms with Crippen molar-refractivity contribution in [2.75, 3.05) is 0 Å². The van der Waals surface area contributed by atoms with Gasteiger partial charge < -0.3 is 0 Å². The van der Waals surface area contributed by atoms with E-state index >= 15 is 26.3 Å². The molecule has 1 fully saturated rings. The smallest absolute Gasteiger partial charge is 0.194 e. The molecule has 1 saturated carbocycles. The van der Waals surface area contributed by atoms with Crippen LogP contribution in [0.2, 0.25) is 0 Å². The summed E-state index contributed by atoms with van der Waals surface area (Å²) in [5.41, 5.74) is 1.32. The molecule has 2 aliphatic heterocycles. The molecule has 8 heteroatoms. The molecular weight excluding hydrogens is 647 g/mol. The Morgan fingerprint density at radius 1 is 0.447 bits per heavy atom. The molecule has 8 rings (SSSR count). The predicted molar refractivity (Wildman–Crippen MR) is 181 cm³/mol. The maximum absolute atomic E-state index is 16.0. The molecule has 0 bridgehead atoms. The third-order valence-corrected chi connectivity index (χ3v) is 13.0. The minimum Gasteiger partial charge on any atom is -0.194 e. The Bertz CT molecular complexity index is 1950. The van der Waals surface area contributed by atoms with Gasteiger partial charge in [-0.1, -0.05) is 109 Å². The van der Waals surface area contributed by atoms with Crippen molar-refractivity contribution in [2.45, 2.75) is 50.9 Å². The van der Waals surface area contributed by atoms with Crippen LogP contribution in [-0.2, 0) is 0 Å². The Morgan fingerprint density at radius 2 is 0.809 bits per heavy atom. The van der Waals surface area contributed by atoms with Crippen LogP contribution in [0.1, 0.15) is 47.2 Å². The first kappa shape index (κ1) is 30.5. The maximum Gasteiger partial charge on any atom is 0.380 e. The first-order chi connectivity index (χ1) is 22.3. The Kier molecular flexibility index (Phi) is 6.52. The van der Waals surface area contributed by atoms with Crippen LogP contribution in [-0.4, -0.2) is 27.3 Å². The summed E-state index contributed by atoms with van der Waals surface area (Å²) in [6.45, 7) is 3.46. The molecule has 4 aromatic rings. The van der Waals surface area contributed by atoms with Crippen LogP contribution in [0.15, 0.2) is 118 Å². The number of fused-ring (bicyclic) bond motifs is 8. The average molecular weight is 673 g/mol. The number of alkyl halides is 6. The molecule has 0 saturated heterocycles. The molecule has 4 aromatic carbocycles. The van der Waals surface area contributed by atoms with Crippen LogP contribution in [0.3, 0.4) is 0 Å². The fourth-order valence-electron chi connectivity index (χ4n) is 7.24. The Labute approximate surface area is 277 Å². The zero-order valence-electron chi connectivity index (χ0n) is 25.1. The maximum atomic E-state index is 16.0. The summed E-state index contributed by atoms with van der Waals surface area (Å²) in [4.78, 5) is 1.17. The number of halogens is 6. The summed E-state index contributed by atoms with van der Waals surface area (Å²) in [5, 5.41) is 0. The molecule has 236 valence electrons. The van der Waals surface area contributed by atoms with Gasteiger partial charge >= 0.3 is 17.8 Å². The van der Waals surface area contributed by atoms with Crippen LogP contribution < -0.4 is 0 Å². The predicted octanol–water partition coefficient (Wildman–Crippen LogP) is 11.9. The van der Waals surface area contributed by atoms with Gasteiger partial charge in [-0.2, -0.15) is 26.3 Å². The molecule has 0 aromatic heterocycles. The summed E-state index contributed by atoms with van der Waals surface area (Å²) in [7, 11) is 0. The number of hydrogen-bond acceptors (Lipinski definition) is 2. The van der Waals surface area contributed by atoms with Gasteiger partial charge in [-0.25, -0.2) is 0 Å². The summed E-state index contributed by atoms with van der Waals surface area (Å²) in [5.74, 6) is -15.8. The number of benzene rings is 4. The van der Waals surface area contributed by atoms with Gasteiger partial charge in [0.1, 0.15) is 0 Å². The van der Waals surface area contributed by atoms with E-state index in [1.165, 1.54) is 23.5 Å². The second-order valence-electron chi connectivity index (χ2n) is 12.5. The van der Waals surface area contributed by atoms with E-state index in [1.807, 2.05) is 97.1 Å². The fraction of sp³-hybridized carbons (Fsp3) is 0.179. The molecule has 0 radical (unpaired) electrons. The average Bonchev–Trinajstić information content (AvgIpc) is 3.56. The van der Waals surface area contributed by atoms with Crippen molar-refractivity contribution in [1.82, 2.24) is 0 Å². The quantitative estimate of drug-likeness (QED) is 0.156. The normalized spacial score (nSPS) is 26.0. The van der Waals surface area contributed by atoms with Gasteiger partial charge in [0.05, 0.1) is 9.49 Å². The van der Waals surface area contributed by atoms with Gasteiger partial charge in [-0.3, -0.25) is 0 Å². The lowest BCUT2D eigenvalue weighted by Crippen LogP contribution is -2.47. The lowest BCUT2D eigenvalue weighted by Gasteiger charge is -2.47. The molecule has 4 aliphatic rings. The monoisotopic (exact) mass is 672 g/mol. The van der Waals surface area contributed by atoms with E-state index in [0.29, 0.717) is 20.9 Å². The van der Waals surface area contributed by atoms with Crippen LogP contribution >= 0.6 is 23.5 Å². The Hall–Kier alpha value is -3.88. The zero-order chi connectivity index (χ0) is 33.0. The van der Waals surface area contributed by atoms with E-state index < -0.39 is 38.4 Å².